The molecule has 0 atom stereocenters. The monoisotopic (exact) mass is 431 g/mol. The number of hydrogen-bond donors (Lipinski definition) is 0. The van der Waals surface area contributed by atoms with E-state index in [1.807, 2.05) is 53.1 Å². The number of nitro groups is 1. The van der Waals surface area contributed by atoms with Gasteiger partial charge in [0.25, 0.3) is 5.69 Å². The second-order valence-corrected chi connectivity index (χ2v) is 7.26. The highest BCUT2D eigenvalue weighted by molar-refractivity contribution is 6.30. The van der Waals surface area contributed by atoms with Gasteiger partial charge in [-0.3, -0.25) is 10.1 Å². The van der Waals surface area contributed by atoms with Gasteiger partial charge in [0.1, 0.15) is 12.4 Å². The SMILES string of the molecule is O=[N+]([O-])c1cccc(-c2nnc(Cn3c(-c4ccc(Cl)cc4)nc4ccccc43)o2)c1. The van der Waals surface area contributed by atoms with E-state index in [-0.39, 0.29) is 11.6 Å². The lowest BCUT2D eigenvalue weighted by atomic mass is 10.2. The maximum atomic E-state index is 11.0. The fraction of sp³-hybridized carbons (Fsp3) is 0.0455. The van der Waals surface area contributed by atoms with E-state index in [4.69, 9.17) is 21.0 Å². The van der Waals surface area contributed by atoms with Crippen molar-refractivity contribution in [3.05, 3.63) is 93.8 Å². The topological polar surface area (TPSA) is 99.9 Å². The predicted molar refractivity (Wildman–Crippen MR) is 116 cm³/mol. The quantitative estimate of drug-likeness (QED) is 0.274. The Morgan fingerprint density at radius 2 is 1.77 bits per heavy atom. The highest BCUT2D eigenvalue weighted by Crippen LogP contribution is 2.28. The third-order valence-corrected chi connectivity index (χ3v) is 5.07. The molecular weight excluding hydrogens is 418 g/mol. The normalized spacial score (nSPS) is 11.1. The summed E-state index contributed by atoms with van der Waals surface area (Å²) in [7, 11) is 0. The van der Waals surface area contributed by atoms with E-state index >= 15 is 0 Å². The number of para-hydroxylation sites is 2. The van der Waals surface area contributed by atoms with Crippen LogP contribution in [0.3, 0.4) is 0 Å². The first-order chi connectivity index (χ1) is 15.1. The van der Waals surface area contributed by atoms with Crippen molar-refractivity contribution in [1.82, 2.24) is 19.7 Å². The molecule has 0 radical (unpaired) electrons. The molecule has 0 fully saturated rings. The van der Waals surface area contributed by atoms with Gasteiger partial charge in [0.15, 0.2) is 0 Å². The first-order valence-corrected chi connectivity index (χ1v) is 9.75. The molecule has 2 heterocycles. The average molecular weight is 432 g/mol. The highest BCUT2D eigenvalue weighted by Gasteiger charge is 2.17. The summed E-state index contributed by atoms with van der Waals surface area (Å²) in [6.07, 6.45) is 0. The van der Waals surface area contributed by atoms with Crippen molar-refractivity contribution in [2.45, 2.75) is 6.54 Å². The van der Waals surface area contributed by atoms with Crippen LogP contribution >= 0.6 is 11.6 Å². The number of aromatic nitrogens is 4. The Morgan fingerprint density at radius 3 is 2.58 bits per heavy atom. The summed E-state index contributed by atoms with van der Waals surface area (Å²) >= 11 is 6.04. The van der Waals surface area contributed by atoms with E-state index in [1.54, 1.807) is 12.1 Å². The third kappa shape index (κ3) is 3.64. The van der Waals surface area contributed by atoms with Crippen LogP contribution in [-0.4, -0.2) is 24.7 Å². The largest absolute Gasteiger partial charge is 0.419 e. The second-order valence-electron chi connectivity index (χ2n) is 6.83. The van der Waals surface area contributed by atoms with Crippen LogP contribution in [0.5, 0.6) is 0 Å². The molecule has 0 amide bonds. The van der Waals surface area contributed by atoms with Crippen LogP contribution in [0.1, 0.15) is 5.89 Å². The van der Waals surface area contributed by atoms with Gasteiger partial charge in [-0.25, -0.2) is 4.98 Å². The molecule has 0 aliphatic heterocycles. The maximum Gasteiger partial charge on any atom is 0.270 e. The lowest BCUT2D eigenvalue weighted by Gasteiger charge is -2.07. The van der Waals surface area contributed by atoms with Crippen molar-refractivity contribution in [2.75, 3.05) is 0 Å². The van der Waals surface area contributed by atoms with Crippen molar-refractivity contribution < 1.29 is 9.34 Å². The fourth-order valence-electron chi connectivity index (χ4n) is 3.38. The summed E-state index contributed by atoms with van der Waals surface area (Å²) < 4.78 is 7.81. The van der Waals surface area contributed by atoms with Crippen LogP contribution in [0, 0.1) is 10.1 Å². The van der Waals surface area contributed by atoms with Gasteiger partial charge in [0, 0.05) is 28.3 Å². The van der Waals surface area contributed by atoms with Crippen molar-refractivity contribution >= 4 is 28.3 Å². The van der Waals surface area contributed by atoms with Gasteiger partial charge in [-0.15, -0.1) is 10.2 Å². The molecule has 5 rings (SSSR count). The second kappa shape index (κ2) is 7.66. The van der Waals surface area contributed by atoms with Crippen LogP contribution in [0.15, 0.2) is 77.2 Å². The summed E-state index contributed by atoms with van der Waals surface area (Å²) in [6, 6.07) is 21.3. The van der Waals surface area contributed by atoms with Gasteiger partial charge in [-0.1, -0.05) is 29.8 Å². The minimum Gasteiger partial charge on any atom is -0.419 e. The van der Waals surface area contributed by atoms with E-state index in [0.29, 0.717) is 23.0 Å². The number of halogens is 1. The van der Waals surface area contributed by atoms with E-state index in [0.717, 1.165) is 22.4 Å². The zero-order valence-electron chi connectivity index (χ0n) is 16.0. The Labute approximate surface area is 180 Å². The number of non-ortho nitro benzene ring substituents is 1. The minimum atomic E-state index is -0.462. The standard InChI is InChI=1S/C22H14ClN5O3/c23-16-10-8-14(9-11-16)21-24-18-6-1-2-7-19(18)27(21)13-20-25-26-22(31-20)15-4-3-5-17(12-15)28(29)30/h1-12H,13H2. The first kappa shape index (κ1) is 19.0. The van der Waals surface area contributed by atoms with Crippen molar-refractivity contribution in [1.29, 1.82) is 0 Å². The van der Waals surface area contributed by atoms with Crippen LogP contribution in [0.4, 0.5) is 5.69 Å². The van der Waals surface area contributed by atoms with Gasteiger partial charge in [0.2, 0.25) is 11.8 Å². The lowest BCUT2D eigenvalue weighted by molar-refractivity contribution is -0.384. The Bertz CT molecular complexity index is 1410. The van der Waals surface area contributed by atoms with E-state index in [9.17, 15) is 10.1 Å². The van der Waals surface area contributed by atoms with Gasteiger partial charge in [-0.2, -0.15) is 0 Å². The molecule has 3 aromatic carbocycles. The molecule has 31 heavy (non-hydrogen) atoms. The summed E-state index contributed by atoms with van der Waals surface area (Å²) in [4.78, 5) is 15.3. The number of imidazole rings is 1. The molecule has 0 saturated heterocycles. The summed E-state index contributed by atoms with van der Waals surface area (Å²) in [5.41, 5.74) is 3.11. The van der Waals surface area contributed by atoms with Gasteiger partial charge < -0.3 is 8.98 Å². The fourth-order valence-corrected chi connectivity index (χ4v) is 3.50. The molecule has 0 spiro atoms. The van der Waals surface area contributed by atoms with Crippen LogP contribution in [-0.2, 0) is 6.54 Å². The molecule has 0 aliphatic rings. The number of benzene rings is 3. The van der Waals surface area contributed by atoms with Gasteiger partial charge >= 0.3 is 0 Å². The van der Waals surface area contributed by atoms with Gasteiger partial charge in [0.05, 0.1) is 16.0 Å². The average Bonchev–Trinajstić information content (AvgIpc) is 3.40. The summed E-state index contributed by atoms with van der Waals surface area (Å²) in [5, 5.41) is 19.9. The summed E-state index contributed by atoms with van der Waals surface area (Å²) in [5.74, 6) is 1.32. The van der Waals surface area contributed by atoms with Crippen molar-refractivity contribution in [3.8, 4) is 22.8 Å². The number of rotatable bonds is 5. The molecule has 0 N–H and O–H groups in total. The van der Waals surface area contributed by atoms with Crippen LogP contribution in [0.2, 0.25) is 5.02 Å². The third-order valence-electron chi connectivity index (χ3n) is 4.82. The van der Waals surface area contributed by atoms with E-state index < -0.39 is 4.92 Å². The van der Waals surface area contributed by atoms with Crippen LogP contribution in [0.25, 0.3) is 33.9 Å². The Kier molecular flexibility index (Phi) is 4.68. The van der Waals surface area contributed by atoms with Crippen molar-refractivity contribution in [2.24, 2.45) is 0 Å². The molecule has 5 aromatic rings. The molecule has 0 unspecified atom stereocenters. The number of hydrogen-bond acceptors (Lipinski definition) is 6. The molecule has 0 aliphatic carbocycles. The zero-order valence-corrected chi connectivity index (χ0v) is 16.7. The summed E-state index contributed by atoms with van der Waals surface area (Å²) in [6.45, 7) is 0.292. The minimum absolute atomic E-state index is 0.0390. The molecule has 2 aromatic heterocycles. The first-order valence-electron chi connectivity index (χ1n) is 9.37. The Hall–Kier alpha value is -4.04. The molecule has 8 nitrogen and oxygen atoms in total. The molecular formula is C22H14ClN5O3. The Balaban J connectivity index is 1.54. The zero-order chi connectivity index (χ0) is 21.4. The maximum absolute atomic E-state index is 11.0. The molecule has 0 saturated carbocycles. The van der Waals surface area contributed by atoms with E-state index in [1.165, 1.54) is 12.1 Å². The number of nitrogens with zero attached hydrogens (tertiary/aromatic N) is 5. The van der Waals surface area contributed by atoms with Crippen LogP contribution < -0.4 is 0 Å². The molecule has 0 bridgehead atoms. The Morgan fingerprint density at radius 1 is 0.968 bits per heavy atom. The molecule has 152 valence electrons. The number of fused-ring (bicyclic) bond motifs is 1. The van der Waals surface area contributed by atoms with E-state index in [2.05, 4.69) is 10.2 Å². The molecule has 9 heteroatoms. The smallest absolute Gasteiger partial charge is 0.270 e. The predicted octanol–water partition coefficient (Wildman–Crippen LogP) is 5.36. The van der Waals surface area contributed by atoms with Gasteiger partial charge in [-0.05, 0) is 42.5 Å². The highest BCUT2D eigenvalue weighted by atomic mass is 35.5. The number of nitro benzene ring substituents is 1. The van der Waals surface area contributed by atoms with Crippen molar-refractivity contribution in [3.63, 3.8) is 0 Å². The lowest BCUT2D eigenvalue weighted by Crippen LogP contribution is -2.02.